The third-order valence-electron chi connectivity index (χ3n) is 5.08. The number of carbonyl (C=O) groups excluding carboxylic acids is 1. The second-order valence-electron chi connectivity index (χ2n) is 7.24. The number of rotatable bonds is 8. The van der Waals surface area contributed by atoms with E-state index in [1.54, 1.807) is 34.9 Å². The van der Waals surface area contributed by atoms with Crippen LogP contribution in [0.15, 0.2) is 59.6 Å². The molecule has 3 aromatic rings. The van der Waals surface area contributed by atoms with Crippen LogP contribution < -0.4 is 4.74 Å². The van der Waals surface area contributed by atoms with E-state index in [0.29, 0.717) is 45.6 Å². The molecule has 0 saturated carbocycles. The zero-order valence-corrected chi connectivity index (χ0v) is 19.8. The first kappa shape index (κ1) is 23.2. The maximum Gasteiger partial charge on any atom is 0.266 e. The van der Waals surface area contributed by atoms with E-state index in [9.17, 15) is 9.18 Å². The first-order chi connectivity index (χ1) is 16.0. The number of carbonyl (C=O) groups is 1. The first-order valence-corrected chi connectivity index (χ1v) is 11.5. The molecule has 0 bridgehead atoms. The molecule has 0 spiro atoms. The number of halogens is 1. The quantitative estimate of drug-likeness (QED) is 0.257. The van der Waals surface area contributed by atoms with Crippen LogP contribution >= 0.6 is 24.0 Å². The SMILES string of the molecule is COCCCN1C(=O)C(=Cc2cn(-c3ccccc3)nc2-c2ccc(OC)c(F)c2)SC1=S. The second kappa shape index (κ2) is 10.3. The molecule has 170 valence electrons. The maximum atomic E-state index is 14.4. The minimum atomic E-state index is -0.486. The molecule has 2 heterocycles. The van der Waals surface area contributed by atoms with Crippen LogP contribution in [0.25, 0.3) is 23.0 Å². The molecule has 9 heteroatoms. The van der Waals surface area contributed by atoms with E-state index in [1.807, 2.05) is 36.5 Å². The number of ether oxygens (including phenoxy) is 2. The third-order valence-corrected chi connectivity index (χ3v) is 6.46. The average molecular weight is 484 g/mol. The van der Waals surface area contributed by atoms with Gasteiger partial charge in [0.05, 0.1) is 17.7 Å². The van der Waals surface area contributed by atoms with Crippen molar-refractivity contribution in [2.45, 2.75) is 6.42 Å². The number of thioether (sulfide) groups is 1. The van der Waals surface area contributed by atoms with Gasteiger partial charge in [-0.2, -0.15) is 5.10 Å². The molecule has 0 unspecified atom stereocenters. The van der Waals surface area contributed by atoms with Gasteiger partial charge in [-0.1, -0.05) is 42.2 Å². The summed E-state index contributed by atoms with van der Waals surface area (Å²) in [5.74, 6) is -0.486. The van der Waals surface area contributed by atoms with E-state index in [4.69, 9.17) is 26.8 Å². The molecule has 1 amide bonds. The monoisotopic (exact) mass is 483 g/mol. The van der Waals surface area contributed by atoms with Gasteiger partial charge in [0.1, 0.15) is 10.0 Å². The summed E-state index contributed by atoms with van der Waals surface area (Å²) in [5, 5.41) is 4.69. The number of thiocarbonyl (C=S) groups is 1. The molecule has 33 heavy (non-hydrogen) atoms. The van der Waals surface area contributed by atoms with Crippen LogP contribution in [-0.2, 0) is 9.53 Å². The number of para-hydroxylation sites is 1. The van der Waals surface area contributed by atoms with Gasteiger partial charge in [-0.05, 0) is 42.8 Å². The summed E-state index contributed by atoms with van der Waals surface area (Å²) in [4.78, 5) is 15.1. The summed E-state index contributed by atoms with van der Waals surface area (Å²) in [6, 6.07) is 14.3. The number of hydrogen-bond acceptors (Lipinski definition) is 6. The largest absolute Gasteiger partial charge is 0.494 e. The van der Waals surface area contributed by atoms with Crippen molar-refractivity contribution in [2.24, 2.45) is 0 Å². The van der Waals surface area contributed by atoms with Gasteiger partial charge in [-0.15, -0.1) is 0 Å². The minimum absolute atomic E-state index is 0.152. The van der Waals surface area contributed by atoms with Crippen LogP contribution in [0.4, 0.5) is 4.39 Å². The van der Waals surface area contributed by atoms with Crippen molar-refractivity contribution in [3.8, 4) is 22.7 Å². The zero-order valence-electron chi connectivity index (χ0n) is 18.2. The van der Waals surface area contributed by atoms with Gasteiger partial charge in [0.15, 0.2) is 11.6 Å². The second-order valence-corrected chi connectivity index (χ2v) is 8.92. The third kappa shape index (κ3) is 5.00. The van der Waals surface area contributed by atoms with Gasteiger partial charge >= 0.3 is 0 Å². The summed E-state index contributed by atoms with van der Waals surface area (Å²) in [7, 11) is 3.04. The molecule has 4 rings (SSSR count). The van der Waals surface area contributed by atoms with E-state index in [1.165, 1.54) is 24.9 Å². The Morgan fingerprint density at radius 1 is 1.18 bits per heavy atom. The molecule has 0 N–H and O–H groups in total. The summed E-state index contributed by atoms with van der Waals surface area (Å²) in [5.41, 5.74) is 2.65. The highest BCUT2D eigenvalue weighted by Gasteiger charge is 2.32. The molecule has 0 aliphatic carbocycles. The summed E-state index contributed by atoms with van der Waals surface area (Å²) < 4.78 is 26.8. The number of hydrogen-bond donors (Lipinski definition) is 0. The highest BCUT2D eigenvalue weighted by atomic mass is 32.2. The molecule has 6 nitrogen and oxygen atoms in total. The van der Waals surface area contributed by atoms with E-state index >= 15 is 0 Å². The van der Waals surface area contributed by atoms with E-state index in [0.717, 1.165) is 5.69 Å². The van der Waals surface area contributed by atoms with Crippen molar-refractivity contribution >= 4 is 40.3 Å². The van der Waals surface area contributed by atoms with E-state index in [2.05, 4.69) is 0 Å². The van der Waals surface area contributed by atoms with Crippen LogP contribution in [0, 0.1) is 5.82 Å². The molecule has 1 fully saturated rings. The molecular weight excluding hydrogens is 461 g/mol. The lowest BCUT2D eigenvalue weighted by atomic mass is 10.1. The Balaban J connectivity index is 1.74. The molecular formula is C24H22FN3O3S2. The van der Waals surface area contributed by atoms with Crippen LogP contribution in [0.5, 0.6) is 5.75 Å². The van der Waals surface area contributed by atoms with Gasteiger partial charge in [0, 0.05) is 37.6 Å². The molecule has 0 radical (unpaired) electrons. The smallest absolute Gasteiger partial charge is 0.266 e. The van der Waals surface area contributed by atoms with Crippen LogP contribution in [0.1, 0.15) is 12.0 Å². The molecule has 1 saturated heterocycles. The molecule has 2 aromatic carbocycles. The Morgan fingerprint density at radius 3 is 2.67 bits per heavy atom. The Kier molecular flexibility index (Phi) is 7.22. The van der Waals surface area contributed by atoms with Gasteiger partial charge in [0.2, 0.25) is 0 Å². The fourth-order valence-corrected chi connectivity index (χ4v) is 4.74. The Morgan fingerprint density at radius 2 is 1.97 bits per heavy atom. The van der Waals surface area contributed by atoms with Crippen molar-refractivity contribution in [3.63, 3.8) is 0 Å². The normalized spacial score (nSPS) is 15.0. The van der Waals surface area contributed by atoms with Gasteiger partial charge < -0.3 is 9.47 Å². The van der Waals surface area contributed by atoms with Gasteiger partial charge in [-0.25, -0.2) is 9.07 Å². The van der Waals surface area contributed by atoms with Crippen molar-refractivity contribution < 1.29 is 18.7 Å². The van der Waals surface area contributed by atoms with Crippen LogP contribution in [0.2, 0.25) is 0 Å². The number of aromatic nitrogens is 2. The first-order valence-electron chi connectivity index (χ1n) is 10.2. The fraction of sp³-hybridized carbons (Fsp3) is 0.208. The highest BCUT2D eigenvalue weighted by molar-refractivity contribution is 8.26. The van der Waals surface area contributed by atoms with Crippen LogP contribution in [0.3, 0.4) is 0 Å². The predicted octanol–water partition coefficient (Wildman–Crippen LogP) is 4.92. The Hall–Kier alpha value is -3.01. The van der Waals surface area contributed by atoms with Gasteiger partial charge in [0.25, 0.3) is 5.91 Å². The lowest BCUT2D eigenvalue weighted by Gasteiger charge is -2.13. The number of benzene rings is 2. The number of nitrogens with zero attached hydrogens (tertiary/aromatic N) is 3. The molecule has 0 atom stereocenters. The van der Waals surface area contributed by atoms with Crippen LogP contribution in [-0.4, -0.2) is 52.3 Å². The van der Waals surface area contributed by atoms with Crippen molar-refractivity contribution in [2.75, 3.05) is 27.4 Å². The summed E-state index contributed by atoms with van der Waals surface area (Å²) in [6.07, 6.45) is 4.28. The van der Waals surface area contributed by atoms with Crippen molar-refractivity contribution in [3.05, 3.63) is 71.0 Å². The van der Waals surface area contributed by atoms with Crippen molar-refractivity contribution in [1.29, 1.82) is 0 Å². The van der Waals surface area contributed by atoms with Gasteiger partial charge in [-0.3, -0.25) is 9.69 Å². The predicted molar refractivity (Wildman–Crippen MR) is 132 cm³/mol. The number of amides is 1. The fourth-order valence-electron chi connectivity index (χ4n) is 3.44. The van der Waals surface area contributed by atoms with E-state index in [-0.39, 0.29) is 11.7 Å². The standard InChI is InChI=1S/C24H22FN3O3S2/c1-30-12-6-11-27-23(29)21(33-24(27)32)14-17-15-28(18-7-4-3-5-8-18)26-22(17)16-9-10-20(31-2)19(25)13-16/h3-5,7-10,13-15H,6,11-12H2,1-2H3. The average Bonchev–Trinajstić information content (AvgIpc) is 3.36. The Bertz CT molecular complexity index is 1210. The van der Waals surface area contributed by atoms with E-state index < -0.39 is 5.82 Å². The Labute approximate surface area is 201 Å². The molecule has 1 aliphatic heterocycles. The lowest BCUT2D eigenvalue weighted by Crippen LogP contribution is -2.29. The summed E-state index contributed by atoms with van der Waals surface area (Å²) >= 11 is 6.67. The molecule has 1 aliphatic rings. The maximum absolute atomic E-state index is 14.4. The minimum Gasteiger partial charge on any atom is -0.494 e. The molecule has 1 aromatic heterocycles. The lowest BCUT2D eigenvalue weighted by molar-refractivity contribution is -0.122. The summed E-state index contributed by atoms with van der Waals surface area (Å²) in [6.45, 7) is 1.04. The topological polar surface area (TPSA) is 56.6 Å². The highest BCUT2D eigenvalue weighted by Crippen LogP contribution is 2.35. The zero-order chi connectivity index (χ0) is 23.4. The van der Waals surface area contributed by atoms with Crippen molar-refractivity contribution in [1.82, 2.24) is 14.7 Å². The number of methoxy groups -OCH3 is 2.